The van der Waals surface area contributed by atoms with E-state index in [0.717, 1.165) is 14.7 Å². The van der Waals surface area contributed by atoms with E-state index < -0.39 is 6.10 Å². The maximum Gasteiger partial charge on any atom is 0.0704 e. The Bertz CT molecular complexity index is 299. The van der Waals surface area contributed by atoms with Gasteiger partial charge in [0.05, 0.1) is 12.1 Å². The molecule has 0 aromatic heterocycles. The summed E-state index contributed by atoms with van der Waals surface area (Å²) in [5, 5.41) is 9.36. The molecule has 0 radical (unpaired) electrons. The van der Waals surface area contributed by atoms with Crippen molar-refractivity contribution in [2.75, 3.05) is 0 Å². The molecule has 0 saturated heterocycles. The Balaban J connectivity index is 3.05. The first-order valence-electron chi connectivity index (χ1n) is 4.22. The van der Waals surface area contributed by atoms with E-state index in [0.29, 0.717) is 0 Å². The summed E-state index contributed by atoms with van der Waals surface area (Å²) < 4.78 is 1.15. The number of aliphatic hydroxyl groups excluding tert-OH is 1. The fourth-order valence-corrected chi connectivity index (χ4v) is 1.75. The van der Waals surface area contributed by atoms with Gasteiger partial charge in [-0.05, 0) is 59.7 Å². The molecule has 2 nitrogen and oxygen atoms in total. The molecule has 72 valence electrons. The minimum Gasteiger partial charge on any atom is -0.391 e. The summed E-state index contributed by atoms with van der Waals surface area (Å²) in [6, 6.07) is 5.80. The minimum absolute atomic E-state index is 0.283. The number of aryl methyl sites for hydroxylation is 1. The van der Waals surface area contributed by atoms with Gasteiger partial charge in [-0.25, -0.2) is 0 Å². The lowest BCUT2D eigenvalue weighted by Gasteiger charge is -2.17. The van der Waals surface area contributed by atoms with Crippen LogP contribution in [0.1, 0.15) is 24.1 Å². The van der Waals surface area contributed by atoms with E-state index in [9.17, 15) is 5.11 Å². The minimum atomic E-state index is -0.503. The zero-order valence-corrected chi connectivity index (χ0v) is 9.95. The Morgan fingerprint density at radius 3 is 2.62 bits per heavy atom. The third-order valence-corrected chi connectivity index (χ3v) is 2.79. The molecule has 1 rings (SSSR count). The van der Waals surface area contributed by atoms with Crippen LogP contribution in [0.4, 0.5) is 0 Å². The summed E-state index contributed by atoms with van der Waals surface area (Å²) in [6.45, 7) is 3.72. The van der Waals surface area contributed by atoms with Crippen molar-refractivity contribution < 1.29 is 5.11 Å². The lowest BCUT2D eigenvalue weighted by Crippen LogP contribution is -2.24. The van der Waals surface area contributed by atoms with Crippen LogP contribution in [0.25, 0.3) is 0 Å². The van der Waals surface area contributed by atoms with E-state index in [4.69, 9.17) is 5.73 Å². The smallest absolute Gasteiger partial charge is 0.0704 e. The lowest BCUT2D eigenvalue weighted by atomic mass is 9.99. The van der Waals surface area contributed by atoms with E-state index in [1.165, 1.54) is 0 Å². The second kappa shape index (κ2) is 4.39. The fraction of sp³-hybridized carbons (Fsp3) is 0.400. The molecule has 0 aliphatic carbocycles. The monoisotopic (exact) mass is 291 g/mol. The quantitative estimate of drug-likeness (QED) is 0.818. The number of aliphatic hydroxyl groups is 1. The summed E-state index contributed by atoms with van der Waals surface area (Å²) in [5.74, 6) is 0. The summed E-state index contributed by atoms with van der Waals surface area (Å²) in [5.41, 5.74) is 8.02. The predicted molar refractivity (Wildman–Crippen MR) is 62.5 cm³/mol. The largest absolute Gasteiger partial charge is 0.391 e. The molecule has 0 fully saturated rings. The molecule has 0 unspecified atom stereocenters. The molecule has 0 bridgehead atoms. The van der Waals surface area contributed by atoms with Crippen molar-refractivity contribution in [1.29, 1.82) is 0 Å². The van der Waals surface area contributed by atoms with Gasteiger partial charge in [0, 0.05) is 3.57 Å². The van der Waals surface area contributed by atoms with Crippen LogP contribution in [0, 0.1) is 10.5 Å². The van der Waals surface area contributed by atoms with Crippen LogP contribution in [-0.2, 0) is 0 Å². The zero-order valence-electron chi connectivity index (χ0n) is 7.79. The third-order valence-electron chi connectivity index (χ3n) is 2.12. The maximum atomic E-state index is 9.36. The second-order valence-corrected chi connectivity index (χ2v) is 4.51. The van der Waals surface area contributed by atoms with Gasteiger partial charge in [0.15, 0.2) is 0 Å². The summed E-state index contributed by atoms with van der Waals surface area (Å²) in [7, 11) is 0. The highest BCUT2D eigenvalue weighted by molar-refractivity contribution is 14.1. The Hall–Kier alpha value is -0.130. The molecule has 3 N–H and O–H groups in total. The van der Waals surface area contributed by atoms with Gasteiger partial charge < -0.3 is 10.8 Å². The highest BCUT2D eigenvalue weighted by Gasteiger charge is 2.14. The Kier molecular flexibility index (Phi) is 3.70. The average molecular weight is 291 g/mol. The van der Waals surface area contributed by atoms with Crippen molar-refractivity contribution in [1.82, 2.24) is 0 Å². The predicted octanol–water partition coefficient (Wildman–Crippen LogP) is 1.98. The third kappa shape index (κ3) is 2.65. The zero-order chi connectivity index (χ0) is 10.0. The highest BCUT2D eigenvalue weighted by Crippen LogP contribution is 2.20. The molecular weight excluding hydrogens is 277 g/mol. The van der Waals surface area contributed by atoms with Crippen molar-refractivity contribution >= 4 is 22.6 Å². The number of benzene rings is 1. The topological polar surface area (TPSA) is 46.2 Å². The van der Waals surface area contributed by atoms with Gasteiger partial charge in [-0.15, -0.1) is 0 Å². The average Bonchev–Trinajstić information content (AvgIpc) is 2.08. The van der Waals surface area contributed by atoms with Crippen LogP contribution in [0.15, 0.2) is 18.2 Å². The van der Waals surface area contributed by atoms with Crippen LogP contribution in [0.5, 0.6) is 0 Å². The standard InChI is InChI=1S/C10H14INO/c1-6-3-4-8(11)5-9(6)10(12)7(2)13/h3-5,7,10,13H,12H2,1-2H3/t7-,10+/m0/s1. The SMILES string of the molecule is Cc1ccc(I)cc1[C@H](N)[C@H](C)O. The number of rotatable bonds is 2. The van der Waals surface area contributed by atoms with E-state index >= 15 is 0 Å². The van der Waals surface area contributed by atoms with Crippen LogP contribution < -0.4 is 5.73 Å². The number of hydrogen-bond acceptors (Lipinski definition) is 2. The van der Waals surface area contributed by atoms with Gasteiger partial charge in [-0.3, -0.25) is 0 Å². The molecule has 0 spiro atoms. The molecule has 2 atom stereocenters. The van der Waals surface area contributed by atoms with Gasteiger partial charge in [0.2, 0.25) is 0 Å². The van der Waals surface area contributed by atoms with E-state index in [1.54, 1.807) is 6.92 Å². The molecule has 0 aliphatic heterocycles. The van der Waals surface area contributed by atoms with E-state index in [2.05, 4.69) is 22.6 Å². The van der Waals surface area contributed by atoms with E-state index in [-0.39, 0.29) is 6.04 Å². The van der Waals surface area contributed by atoms with Crippen molar-refractivity contribution in [3.05, 3.63) is 32.9 Å². The Morgan fingerprint density at radius 1 is 1.46 bits per heavy atom. The normalized spacial score (nSPS) is 15.5. The molecule has 1 aromatic carbocycles. The van der Waals surface area contributed by atoms with E-state index in [1.807, 2.05) is 25.1 Å². The van der Waals surface area contributed by atoms with Gasteiger partial charge in [-0.2, -0.15) is 0 Å². The molecule has 0 heterocycles. The van der Waals surface area contributed by atoms with Crippen LogP contribution in [0.2, 0.25) is 0 Å². The summed E-state index contributed by atoms with van der Waals surface area (Å²) in [6.07, 6.45) is -0.503. The van der Waals surface area contributed by atoms with Gasteiger partial charge >= 0.3 is 0 Å². The molecule has 0 saturated carbocycles. The Labute approximate surface area is 92.3 Å². The number of hydrogen-bond donors (Lipinski definition) is 2. The number of nitrogens with two attached hydrogens (primary N) is 1. The van der Waals surface area contributed by atoms with Gasteiger partial charge in [-0.1, -0.05) is 6.07 Å². The van der Waals surface area contributed by atoms with Gasteiger partial charge in [0.25, 0.3) is 0 Å². The number of halogens is 1. The van der Waals surface area contributed by atoms with Crippen LogP contribution in [0.3, 0.4) is 0 Å². The maximum absolute atomic E-state index is 9.36. The summed E-state index contributed by atoms with van der Waals surface area (Å²) >= 11 is 2.24. The Morgan fingerprint density at radius 2 is 2.08 bits per heavy atom. The first-order chi connectivity index (χ1) is 6.02. The van der Waals surface area contributed by atoms with Crippen LogP contribution in [-0.4, -0.2) is 11.2 Å². The van der Waals surface area contributed by atoms with Crippen molar-refractivity contribution in [2.45, 2.75) is 26.0 Å². The summed E-state index contributed by atoms with van der Waals surface area (Å²) in [4.78, 5) is 0. The molecule has 13 heavy (non-hydrogen) atoms. The molecule has 0 amide bonds. The second-order valence-electron chi connectivity index (χ2n) is 3.27. The molecule has 0 aliphatic rings. The van der Waals surface area contributed by atoms with Crippen LogP contribution >= 0.6 is 22.6 Å². The first-order valence-corrected chi connectivity index (χ1v) is 5.30. The molecule has 1 aromatic rings. The molecular formula is C10H14INO. The lowest BCUT2D eigenvalue weighted by molar-refractivity contribution is 0.164. The van der Waals surface area contributed by atoms with Crippen molar-refractivity contribution in [3.63, 3.8) is 0 Å². The molecule has 3 heteroatoms. The fourth-order valence-electron chi connectivity index (χ4n) is 1.23. The highest BCUT2D eigenvalue weighted by atomic mass is 127. The first kappa shape index (κ1) is 10.9. The van der Waals surface area contributed by atoms with Gasteiger partial charge in [0.1, 0.15) is 0 Å². The van der Waals surface area contributed by atoms with Crippen molar-refractivity contribution in [2.24, 2.45) is 5.73 Å². The van der Waals surface area contributed by atoms with Crippen molar-refractivity contribution in [3.8, 4) is 0 Å².